The van der Waals surface area contributed by atoms with E-state index in [0.717, 1.165) is 4.88 Å². The normalized spacial score (nSPS) is 23.2. The fourth-order valence-electron chi connectivity index (χ4n) is 3.93. The lowest BCUT2D eigenvalue weighted by Crippen LogP contribution is -2.49. The number of fused-ring (bicyclic) bond motifs is 1. The van der Waals surface area contributed by atoms with Crippen molar-refractivity contribution in [1.82, 2.24) is 4.90 Å². The molecule has 3 rings (SSSR count). The second-order valence-electron chi connectivity index (χ2n) is 8.08. The lowest BCUT2D eigenvalue weighted by Gasteiger charge is -2.45. The van der Waals surface area contributed by atoms with Crippen LogP contribution in [-0.2, 0) is 4.74 Å². The largest absolute Gasteiger partial charge is 0.444 e. The van der Waals surface area contributed by atoms with E-state index in [0.29, 0.717) is 5.57 Å². The molecular weight excluding hydrogens is 386 g/mol. The van der Waals surface area contributed by atoms with E-state index in [-0.39, 0.29) is 24.4 Å². The van der Waals surface area contributed by atoms with Gasteiger partial charge < -0.3 is 15.4 Å². The molecule has 2 aliphatic rings. The highest BCUT2D eigenvalue weighted by molar-refractivity contribution is 7.10. The van der Waals surface area contributed by atoms with Gasteiger partial charge in [-0.15, -0.1) is 11.3 Å². The van der Waals surface area contributed by atoms with E-state index < -0.39 is 28.9 Å². The minimum atomic E-state index is -1.69. The van der Waals surface area contributed by atoms with Gasteiger partial charge in [0.2, 0.25) is 0 Å². The predicted octanol–water partition coefficient (Wildman–Crippen LogP) is 3.41. The van der Waals surface area contributed by atoms with Crippen LogP contribution in [0.2, 0.25) is 0 Å². The van der Waals surface area contributed by atoms with Crippen LogP contribution in [0.1, 0.15) is 31.6 Å². The van der Waals surface area contributed by atoms with Gasteiger partial charge in [0, 0.05) is 29.8 Å². The van der Waals surface area contributed by atoms with Gasteiger partial charge in [-0.1, -0.05) is 12.1 Å². The van der Waals surface area contributed by atoms with E-state index in [2.05, 4.69) is 18.2 Å². The maximum atomic E-state index is 12.6. The lowest BCUT2D eigenvalue weighted by molar-refractivity contribution is 0.0225. The van der Waals surface area contributed by atoms with Crippen molar-refractivity contribution in [3.05, 3.63) is 45.3 Å². The Morgan fingerprint density at radius 1 is 1.34 bits per heavy atom. The maximum absolute atomic E-state index is 12.6. The van der Waals surface area contributed by atoms with Gasteiger partial charge in [-0.3, -0.25) is 0 Å². The predicted molar refractivity (Wildman–Crippen MR) is 107 cm³/mol. The first-order valence-electron chi connectivity index (χ1n) is 9.13. The summed E-state index contributed by atoms with van der Waals surface area (Å²) >= 11 is 1.42. The zero-order chi connectivity index (χ0) is 21.4. The number of hydrogen-bond donors (Lipinski definition) is 1. The smallest absolute Gasteiger partial charge is 0.410 e. The summed E-state index contributed by atoms with van der Waals surface area (Å²) in [6, 6.07) is 9.95. The van der Waals surface area contributed by atoms with E-state index in [4.69, 9.17) is 10.5 Å². The van der Waals surface area contributed by atoms with Crippen molar-refractivity contribution in [2.75, 3.05) is 13.1 Å². The van der Waals surface area contributed by atoms with Crippen LogP contribution in [0.15, 0.2) is 40.4 Å². The highest BCUT2D eigenvalue weighted by Gasteiger charge is 2.55. The van der Waals surface area contributed by atoms with Crippen LogP contribution < -0.4 is 5.73 Å². The Kier molecular flexibility index (Phi) is 5.13. The third kappa shape index (κ3) is 3.35. The van der Waals surface area contributed by atoms with Gasteiger partial charge in [-0.25, -0.2) is 4.79 Å². The molecule has 0 saturated heterocycles. The first-order chi connectivity index (χ1) is 13.7. The number of ether oxygens (including phenoxy) is 1. The molecule has 7 nitrogen and oxygen atoms in total. The van der Waals surface area contributed by atoms with Crippen LogP contribution in [0.25, 0.3) is 0 Å². The molecular formula is C21H21N5O2S. The Hall–Kier alpha value is -3.28. The third-order valence-corrected chi connectivity index (χ3v) is 6.12. The number of carbonyl (C=O) groups is 1. The average Bonchev–Trinajstić information content (AvgIpc) is 3.19. The van der Waals surface area contributed by atoms with Gasteiger partial charge in [0.1, 0.15) is 11.7 Å². The Morgan fingerprint density at radius 3 is 2.55 bits per heavy atom. The molecule has 1 aliphatic heterocycles. The number of carbonyl (C=O) groups excluding carboxylic acids is 1. The van der Waals surface area contributed by atoms with Crippen molar-refractivity contribution in [2.45, 2.75) is 32.3 Å². The number of allylic oxidation sites excluding steroid dienone is 2. The second kappa shape index (κ2) is 7.28. The van der Waals surface area contributed by atoms with Crippen LogP contribution >= 0.6 is 11.3 Å². The molecule has 0 saturated carbocycles. The van der Waals surface area contributed by atoms with Crippen LogP contribution in [-0.4, -0.2) is 29.7 Å². The zero-order valence-corrected chi connectivity index (χ0v) is 17.3. The number of nitrogens with two attached hydrogens (primary N) is 1. The van der Waals surface area contributed by atoms with Crippen molar-refractivity contribution in [3.8, 4) is 18.2 Å². The number of nitrogens with zero attached hydrogens (tertiary/aromatic N) is 4. The molecule has 29 heavy (non-hydrogen) atoms. The Morgan fingerprint density at radius 2 is 2.03 bits per heavy atom. The van der Waals surface area contributed by atoms with E-state index >= 15 is 0 Å². The highest BCUT2D eigenvalue weighted by Crippen LogP contribution is 2.55. The summed E-state index contributed by atoms with van der Waals surface area (Å²) in [4.78, 5) is 15.0. The summed E-state index contributed by atoms with van der Waals surface area (Å²) in [5, 5.41) is 31.6. The summed E-state index contributed by atoms with van der Waals surface area (Å²) in [5.41, 5.74) is 4.74. The Labute approximate surface area is 173 Å². The lowest BCUT2D eigenvalue weighted by atomic mass is 9.59. The van der Waals surface area contributed by atoms with Crippen LogP contribution in [0.4, 0.5) is 4.79 Å². The molecule has 0 fully saturated rings. The summed E-state index contributed by atoms with van der Waals surface area (Å²) in [6.45, 7) is 5.87. The van der Waals surface area contributed by atoms with Crippen molar-refractivity contribution in [2.24, 2.45) is 17.1 Å². The topological polar surface area (TPSA) is 127 Å². The molecule has 0 spiro atoms. The van der Waals surface area contributed by atoms with Crippen molar-refractivity contribution >= 4 is 17.4 Å². The molecule has 1 amide bonds. The highest BCUT2D eigenvalue weighted by atomic mass is 32.1. The Balaban J connectivity index is 2.14. The molecule has 0 bridgehead atoms. The molecule has 0 aromatic carbocycles. The molecule has 1 aromatic heterocycles. The summed E-state index contributed by atoms with van der Waals surface area (Å²) in [7, 11) is 0. The van der Waals surface area contributed by atoms with Crippen LogP contribution in [0, 0.1) is 45.3 Å². The fraction of sp³-hybridized carbons (Fsp3) is 0.429. The quantitative estimate of drug-likeness (QED) is 0.760. The van der Waals surface area contributed by atoms with Crippen molar-refractivity contribution < 1.29 is 9.53 Å². The van der Waals surface area contributed by atoms with Crippen molar-refractivity contribution in [3.63, 3.8) is 0 Å². The number of amides is 1. The van der Waals surface area contributed by atoms with Crippen LogP contribution in [0.3, 0.4) is 0 Å². The summed E-state index contributed by atoms with van der Waals surface area (Å²) < 4.78 is 5.49. The number of nitriles is 3. The van der Waals surface area contributed by atoms with Crippen molar-refractivity contribution in [1.29, 1.82) is 15.8 Å². The number of hydrogen-bond acceptors (Lipinski definition) is 7. The van der Waals surface area contributed by atoms with E-state index in [1.165, 1.54) is 16.2 Å². The van der Waals surface area contributed by atoms with E-state index in [9.17, 15) is 20.6 Å². The molecule has 2 atom stereocenters. The minimum absolute atomic E-state index is 0.0170. The van der Waals surface area contributed by atoms with E-state index in [1.54, 1.807) is 26.8 Å². The monoisotopic (exact) mass is 407 g/mol. The van der Waals surface area contributed by atoms with Gasteiger partial charge in [0.15, 0.2) is 5.41 Å². The summed E-state index contributed by atoms with van der Waals surface area (Å²) in [5.74, 6) is -1.01. The minimum Gasteiger partial charge on any atom is -0.444 e. The molecule has 1 aromatic rings. The standard InChI is InChI=1S/C21H21N5O2S/c1-20(2,3)28-19(27)26-7-6-13-14(9-22)18(25)21(11-23,12-24)17(15(13)10-26)16-5-4-8-29-16/h4-6,8,15,17H,7,10,25H2,1-3H3/t15-,17+/m1/s1. The Bertz CT molecular complexity index is 997. The number of rotatable bonds is 1. The fourth-order valence-corrected chi connectivity index (χ4v) is 4.89. The zero-order valence-electron chi connectivity index (χ0n) is 16.5. The maximum Gasteiger partial charge on any atom is 0.410 e. The SMILES string of the molecule is CC(C)(C)OC(=O)N1CC=C2C(C#N)=C(N)C(C#N)(C#N)[C@H](c3cccs3)[C@@H]2C1. The number of thiophene rings is 1. The molecule has 148 valence electrons. The van der Waals surface area contributed by atoms with Gasteiger partial charge in [-0.05, 0) is 37.8 Å². The molecule has 0 radical (unpaired) electrons. The molecule has 2 N–H and O–H groups in total. The molecule has 0 unspecified atom stereocenters. The van der Waals surface area contributed by atoms with Gasteiger partial charge in [-0.2, -0.15) is 15.8 Å². The van der Waals surface area contributed by atoms with E-state index in [1.807, 2.05) is 17.5 Å². The molecule has 1 aliphatic carbocycles. The van der Waals surface area contributed by atoms with Gasteiger partial charge in [0.25, 0.3) is 0 Å². The summed E-state index contributed by atoms with van der Waals surface area (Å²) in [6.07, 6.45) is 1.31. The first kappa shape index (κ1) is 20.5. The molecule has 2 heterocycles. The first-order valence-corrected chi connectivity index (χ1v) is 10.0. The second-order valence-corrected chi connectivity index (χ2v) is 9.06. The van der Waals surface area contributed by atoms with Gasteiger partial charge in [0.05, 0.1) is 23.4 Å². The average molecular weight is 407 g/mol. The van der Waals surface area contributed by atoms with Gasteiger partial charge >= 0.3 is 6.09 Å². The molecule has 8 heteroatoms. The third-order valence-electron chi connectivity index (χ3n) is 5.17. The van der Waals surface area contributed by atoms with Crippen LogP contribution in [0.5, 0.6) is 0 Å².